The molecule has 1 saturated heterocycles. The predicted octanol–water partition coefficient (Wildman–Crippen LogP) is 3.19. The number of sulfonamides is 2. The molecule has 1 aliphatic rings. The molecule has 2 atom stereocenters. The first-order valence-corrected chi connectivity index (χ1v) is 13.4. The van der Waals surface area contributed by atoms with Gasteiger partial charge in [0.25, 0.3) is 0 Å². The highest BCUT2D eigenvalue weighted by atomic mass is 32.2. The van der Waals surface area contributed by atoms with Gasteiger partial charge in [-0.25, -0.2) is 21.6 Å². The van der Waals surface area contributed by atoms with Gasteiger partial charge in [-0.15, -0.1) is 0 Å². The summed E-state index contributed by atoms with van der Waals surface area (Å²) >= 11 is 4.48. The summed E-state index contributed by atoms with van der Waals surface area (Å²) in [5, 5.41) is 1.63. The van der Waals surface area contributed by atoms with Crippen molar-refractivity contribution in [1.29, 1.82) is 0 Å². The first kappa shape index (κ1) is 22.3. The van der Waals surface area contributed by atoms with Crippen molar-refractivity contribution in [3.8, 4) is 0 Å². The van der Waals surface area contributed by atoms with E-state index < -0.39 is 26.1 Å². The van der Waals surface area contributed by atoms with E-state index in [9.17, 15) is 16.8 Å². The minimum absolute atomic E-state index is 0.0138. The van der Waals surface area contributed by atoms with Gasteiger partial charge in [-0.05, 0) is 48.4 Å². The van der Waals surface area contributed by atoms with Gasteiger partial charge in [0.05, 0.1) is 9.79 Å². The zero-order valence-electron chi connectivity index (χ0n) is 17.0. The Morgan fingerprint density at radius 3 is 2.29 bits per heavy atom. The van der Waals surface area contributed by atoms with Gasteiger partial charge in [0.2, 0.25) is 20.0 Å². The average molecular weight is 477 g/mol. The van der Waals surface area contributed by atoms with Crippen LogP contribution in [-0.2, 0) is 20.0 Å². The van der Waals surface area contributed by atoms with Crippen molar-refractivity contribution in [3.05, 3.63) is 72.3 Å². The van der Waals surface area contributed by atoms with E-state index in [1.165, 1.54) is 16.4 Å². The van der Waals surface area contributed by atoms with Crippen LogP contribution in [-0.4, -0.2) is 45.5 Å². The van der Waals surface area contributed by atoms with Crippen molar-refractivity contribution < 1.29 is 16.8 Å². The quantitative estimate of drug-likeness (QED) is 0.535. The zero-order valence-corrected chi connectivity index (χ0v) is 19.5. The van der Waals surface area contributed by atoms with Crippen LogP contribution in [0.5, 0.6) is 0 Å². The molecule has 164 valence electrons. The number of nitrogens with zero attached hydrogens (tertiary/aromatic N) is 1. The Balaban J connectivity index is 1.57. The minimum Gasteiger partial charge on any atom is -0.210 e. The Morgan fingerprint density at radius 1 is 0.935 bits per heavy atom. The fourth-order valence-electron chi connectivity index (χ4n) is 3.81. The molecule has 0 saturated carbocycles. The Labute approximate surface area is 188 Å². The van der Waals surface area contributed by atoms with Gasteiger partial charge < -0.3 is 0 Å². The van der Waals surface area contributed by atoms with E-state index in [0.717, 1.165) is 16.3 Å². The average Bonchev–Trinajstić information content (AvgIpc) is 3.14. The van der Waals surface area contributed by atoms with Crippen LogP contribution in [0.25, 0.3) is 10.8 Å². The Hall–Kier alpha value is -1.91. The number of benzene rings is 3. The van der Waals surface area contributed by atoms with Crippen LogP contribution in [0, 0.1) is 6.92 Å². The molecule has 0 radical (unpaired) electrons. The smallest absolute Gasteiger partial charge is 0.210 e. The first-order chi connectivity index (χ1) is 14.7. The largest absolute Gasteiger partial charge is 0.243 e. The second-order valence-corrected chi connectivity index (χ2v) is 12.2. The molecule has 0 aromatic heterocycles. The van der Waals surface area contributed by atoms with Gasteiger partial charge in [-0.1, -0.05) is 48.0 Å². The number of hydrogen-bond acceptors (Lipinski definition) is 5. The maximum atomic E-state index is 13.4. The third-order valence-electron chi connectivity index (χ3n) is 5.51. The van der Waals surface area contributed by atoms with Gasteiger partial charge in [-0.3, -0.25) is 0 Å². The molecule has 31 heavy (non-hydrogen) atoms. The Bertz CT molecular complexity index is 1310. The fourth-order valence-corrected chi connectivity index (χ4v) is 7.13. The van der Waals surface area contributed by atoms with E-state index in [4.69, 9.17) is 0 Å². The molecule has 9 heteroatoms. The van der Waals surface area contributed by atoms with Gasteiger partial charge in [0.15, 0.2) is 0 Å². The standard InChI is InChI=1S/C22H24N2O4S3/c1-16-6-9-21(10-7-16)30(25,26)23-14-19-13-20(29)15-24(19)31(27,28)22-11-8-17-4-2-3-5-18(17)12-22/h2-12,19-20,23,29H,13-15H2,1H3/t19-,20+/m0/s1. The molecule has 0 unspecified atom stereocenters. The maximum Gasteiger partial charge on any atom is 0.243 e. The Kier molecular flexibility index (Phi) is 6.15. The number of aryl methyl sites for hydroxylation is 1. The number of thiol groups is 1. The molecule has 1 aliphatic heterocycles. The fraction of sp³-hybridized carbons (Fsp3) is 0.273. The van der Waals surface area contributed by atoms with Crippen LogP contribution in [0.3, 0.4) is 0 Å². The molecule has 1 fully saturated rings. The molecule has 3 aromatic carbocycles. The SMILES string of the molecule is Cc1ccc(S(=O)(=O)NC[C@@H]2C[C@@H](S)CN2S(=O)(=O)c2ccc3ccccc3c2)cc1. The van der Waals surface area contributed by atoms with Crippen LogP contribution in [0.15, 0.2) is 76.5 Å². The zero-order chi connectivity index (χ0) is 22.2. The maximum absolute atomic E-state index is 13.4. The lowest BCUT2D eigenvalue weighted by atomic mass is 10.1. The lowest BCUT2D eigenvalue weighted by Gasteiger charge is -2.24. The third kappa shape index (κ3) is 4.65. The molecule has 3 aromatic rings. The molecule has 1 N–H and O–H groups in total. The summed E-state index contributed by atoms with van der Waals surface area (Å²) in [6.45, 7) is 2.10. The molecule has 0 bridgehead atoms. The molecular formula is C22H24N2O4S3. The van der Waals surface area contributed by atoms with Crippen LogP contribution in [0.1, 0.15) is 12.0 Å². The number of rotatable bonds is 6. The summed E-state index contributed by atoms with van der Waals surface area (Å²) in [6, 6.07) is 18.6. The monoisotopic (exact) mass is 476 g/mol. The van der Waals surface area contributed by atoms with Crippen molar-refractivity contribution in [1.82, 2.24) is 9.03 Å². The molecule has 6 nitrogen and oxygen atoms in total. The summed E-state index contributed by atoms with van der Waals surface area (Å²) < 4.78 is 56.0. The van der Waals surface area contributed by atoms with Gasteiger partial charge in [-0.2, -0.15) is 16.9 Å². The molecule has 0 amide bonds. The second kappa shape index (κ2) is 8.55. The molecule has 0 spiro atoms. The Morgan fingerprint density at radius 2 is 1.58 bits per heavy atom. The van der Waals surface area contributed by atoms with Gasteiger partial charge in [0.1, 0.15) is 0 Å². The van der Waals surface area contributed by atoms with E-state index in [1.54, 1.807) is 30.3 Å². The van der Waals surface area contributed by atoms with Crippen LogP contribution in [0.2, 0.25) is 0 Å². The van der Waals surface area contributed by atoms with Crippen molar-refractivity contribution in [2.75, 3.05) is 13.1 Å². The molecule has 4 rings (SSSR count). The van der Waals surface area contributed by atoms with E-state index in [-0.39, 0.29) is 28.1 Å². The van der Waals surface area contributed by atoms with Crippen LogP contribution < -0.4 is 4.72 Å². The van der Waals surface area contributed by atoms with Gasteiger partial charge in [0, 0.05) is 24.4 Å². The summed E-state index contributed by atoms with van der Waals surface area (Å²) in [6.07, 6.45) is 0.465. The lowest BCUT2D eigenvalue weighted by molar-refractivity contribution is 0.385. The predicted molar refractivity (Wildman–Crippen MR) is 125 cm³/mol. The summed E-state index contributed by atoms with van der Waals surface area (Å²) in [7, 11) is -7.54. The lowest BCUT2D eigenvalue weighted by Crippen LogP contribution is -2.43. The van der Waals surface area contributed by atoms with E-state index >= 15 is 0 Å². The molecular weight excluding hydrogens is 452 g/mol. The highest BCUT2D eigenvalue weighted by Gasteiger charge is 2.39. The number of fused-ring (bicyclic) bond motifs is 1. The van der Waals surface area contributed by atoms with E-state index in [1.807, 2.05) is 31.2 Å². The van der Waals surface area contributed by atoms with E-state index in [0.29, 0.717) is 6.42 Å². The molecule has 0 aliphatic carbocycles. The minimum atomic E-state index is -3.80. The van der Waals surface area contributed by atoms with Crippen molar-refractivity contribution in [3.63, 3.8) is 0 Å². The molecule has 1 heterocycles. The highest BCUT2D eigenvalue weighted by molar-refractivity contribution is 7.89. The number of hydrogen-bond donors (Lipinski definition) is 2. The number of nitrogens with one attached hydrogen (secondary N) is 1. The first-order valence-electron chi connectivity index (χ1n) is 9.92. The van der Waals surface area contributed by atoms with Gasteiger partial charge >= 0.3 is 0 Å². The summed E-state index contributed by atoms with van der Waals surface area (Å²) in [5.41, 5.74) is 0.959. The topological polar surface area (TPSA) is 83.6 Å². The van der Waals surface area contributed by atoms with Crippen molar-refractivity contribution in [2.24, 2.45) is 0 Å². The van der Waals surface area contributed by atoms with Crippen LogP contribution in [0.4, 0.5) is 0 Å². The summed E-state index contributed by atoms with van der Waals surface area (Å²) in [4.78, 5) is 0.350. The highest BCUT2D eigenvalue weighted by Crippen LogP contribution is 2.30. The second-order valence-electron chi connectivity index (χ2n) is 7.79. The van der Waals surface area contributed by atoms with Crippen LogP contribution >= 0.6 is 12.6 Å². The van der Waals surface area contributed by atoms with Crippen molar-refractivity contribution in [2.45, 2.75) is 34.4 Å². The van der Waals surface area contributed by atoms with E-state index in [2.05, 4.69) is 17.4 Å². The normalized spacial score (nSPS) is 20.3. The summed E-state index contributed by atoms with van der Waals surface area (Å²) in [5.74, 6) is 0. The van der Waals surface area contributed by atoms with Crippen molar-refractivity contribution >= 4 is 43.4 Å². The third-order valence-corrected chi connectivity index (χ3v) is 9.24.